The molecule has 2 heterocycles. The number of rotatable bonds is 4. The van der Waals surface area contributed by atoms with E-state index in [0.29, 0.717) is 10.8 Å². The van der Waals surface area contributed by atoms with Gasteiger partial charge in [-0.15, -0.1) is 10.2 Å². The van der Waals surface area contributed by atoms with Crippen molar-refractivity contribution in [1.82, 2.24) is 14.8 Å². The van der Waals surface area contributed by atoms with Gasteiger partial charge in [0.15, 0.2) is 5.82 Å². The third-order valence-electron chi connectivity index (χ3n) is 4.57. The summed E-state index contributed by atoms with van der Waals surface area (Å²) in [5.41, 5.74) is 3.45. The predicted molar refractivity (Wildman–Crippen MR) is 131 cm³/mol. The minimum Gasteiger partial charge on any atom is -0.497 e. The molecule has 3 aromatic rings. The lowest BCUT2D eigenvalue weighted by Crippen LogP contribution is -2.08. The molecule has 4 rings (SSSR count). The van der Waals surface area contributed by atoms with Crippen molar-refractivity contribution in [2.24, 2.45) is 4.99 Å². The van der Waals surface area contributed by atoms with Gasteiger partial charge in [0.2, 0.25) is 0 Å². The number of benzene rings is 2. The van der Waals surface area contributed by atoms with Crippen molar-refractivity contribution in [3.8, 4) is 11.4 Å². The van der Waals surface area contributed by atoms with Crippen molar-refractivity contribution in [3.63, 3.8) is 0 Å². The number of methoxy groups -OCH3 is 2. The van der Waals surface area contributed by atoms with Gasteiger partial charge in [-0.3, -0.25) is 9.56 Å². The first-order chi connectivity index (χ1) is 15.5. The summed E-state index contributed by atoms with van der Waals surface area (Å²) in [7, 11) is 4.88. The lowest BCUT2D eigenvalue weighted by molar-refractivity contribution is -0.108. The van der Waals surface area contributed by atoms with Gasteiger partial charge < -0.3 is 14.3 Å². The van der Waals surface area contributed by atoms with Crippen molar-refractivity contribution in [3.05, 3.63) is 70.3 Å². The van der Waals surface area contributed by atoms with Gasteiger partial charge in [0.25, 0.3) is 0 Å². The monoisotopic (exact) mass is 474 g/mol. The molecule has 2 aromatic carbocycles. The van der Waals surface area contributed by atoms with Crippen LogP contribution in [-0.4, -0.2) is 54.3 Å². The van der Waals surface area contributed by atoms with Gasteiger partial charge in [0.05, 0.1) is 18.5 Å². The van der Waals surface area contributed by atoms with Crippen LogP contribution in [-0.2, 0) is 9.53 Å². The molecular formula is C23H27ClN4O3S. The largest absolute Gasteiger partial charge is 0.497 e. The Morgan fingerprint density at radius 1 is 1.09 bits per heavy atom. The molecule has 0 amide bonds. The molecule has 7 nitrogen and oxygen atoms in total. The number of thiol groups is 1. The second-order valence-electron chi connectivity index (χ2n) is 6.63. The van der Waals surface area contributed by atoms with Gasteiger partial charge in [-0.2, -0.15) is 12.6 Å². The molecule has 32 heavy (non-hydrogen) atoms. The number of aromatic nitrogens is 3. The molecule has 1 aliphatic rings. The number of hydrogen-bond donors (Lipinski definition) is 1. The fourth-order valence-corrected chi connectivity index (χ4v) is 3.42. The molecule has 0 bridgehead atoms. The van der Waals surface area contributed by atoms with E-state index < -0.39 is 6.04 Å². The molecule has 0 spiro atoms. The van der Waals surface area contributed by atoms with Gasteiger partial charge in [0, 0.05) is 36.8 Å². The van der Waals surface area contributed by atoms with Gasteiger partial charge >= 0.3 is 0 Å². The molecule has 9 heteroatoms. The SMILES string of the molecule is COC.COc1ccc2c(c1)C(c1ccc(Cl)cc1)=N[C@@H](CC=O)c1nnc(C)n1-2.CS. The van der Waals surface area contributed by atoms with Crippen LogP contribution in [0.3, 0.4) is 0 Å². The zero-order valence-electron chi connectivity index (χ0n) is 18.7. The fourth-order valence-electron chi connectivity index (χ4n) is 3.29. The lowest BCUT2D eigenvalue weighted by Gasteiger charge is -2.14. The molecule has 1 atom stereocenters. The van der Waals surface area contributed by atoms with Crippen molar-refractivity contribution < 1.29 is 14.3 Å². The second kappa shape index (κ2) is 12.4. The van der Waals surface area contributed by atoms with E-state index in [2.05, 4.69) is 27.6 Å². The van der Waals surface area contributed by atoms with Gasteiger partial charge in [-0.1, -0.05) is 23.7 Å². The van der Waals surface area contributed by atoms with Gasteiger partial charge in [-0.25, -0.2) is 0 Å². The summed E-state index contributed by atoms with van der Waals surface area (Å²) in [5, 5.41) is 9.15. The number of aliphatic imine (C=N–C) groups is 1. The van der Waals surface area contributed by atoms with Crippen molar-refractivity contribution >= 4 is 36.2 Å². The molecule has 0 fully saturated rings. The van der Waals surface area contributed by atoms with Crippen LogP contribution in [0.25, 0.3) is 5.69 Å². The minimum atomic E-state index is -0.423. The van der Waals surface area contributed by atoms with E-state index in [1.165, 1.54) is 0 Å². The van der Waals surface area contributed by atoms with E-state index in [1.54, 1.807) is 27.6 Å². The number of aryl methyl sites for hydroxylation is 1. The quantitative estimate of drug-likeness (QED) is 0.444. The highest BCUT2D eigenvalue weighted by molar-refractivity contribution is 7.79. The zero-order chi connectivity index (χ0) is 23.7. The highest BCUT2D eigenvalue weighted by atomic mass is 35.5. The van der Waals surface area contributed by atoms with E-state index in [9.17, 15) is 4.79 Å². The summed E-state index contributed by atoms with van der Waals surface area (Å²) in [6.07, 6.45) is 2.78. The fraction of sp³-hybridized carbons (Fsp3) is 0.304. The summed E-state index contributed by atoms with van der Waals surface area (Å²) in [5.74, 6) is 2.10. The number of carbonyl (C=O) groups excluding carboxylic acids is 1. The number of halogens is 1. The Morgan fingerprint density at radius 2 is 1.75 bits per heavy atom. The maximum Gasteiger partial charge on any atom is 0.162 e. The molecular weight excluding hydrogens is 448 g/mol. The third kappa shape index (κ3) is 5.56. The van der Waals surface area contributed by atoms with Crippen LogP contribution >= 0.6 is 24.2 Å². The second-order valence-corrected chi connectivity index (χ2v) is 7.07. The average Bonchev–Trinajstić information content (AvgIpc) is 3.13. The molecule has 0 saturated heterocycles. The first-order valence-electron chi connectivity index (χ1n) is 9.77. The maximum atomic E-state index is 11.3. The summed E-state index contributed by atoms with van der Waals surface area (Å²) in [6, 6.07) is 12.9. The van der Waals surface area contributed by atoms with Crippen LogP contribution in [0.5, 0.6) is 5.75 Å². The molecule has 1 aromatic heterocycles. The lowest BCUT2D eigenvalue weighted by atomic mass is 10.00. The number of carbonyl (C=O) groups is 1. The van der Waals surface area contributed by atoms with E-state index in [-0.39, 0.29) is 6.42 Å². The van der Waals surface area contributed by atoms with E-state index in [4.69, 9.17) is 21.3 Å². The van der Waals surface area contributed by atoms with Gasteiger partial charge in [-0.05, 0) is 43.5 Å². The van der Waals surface area contributed by atoms with Gasteiger partial charge in [0.1, 0.15) is 23.9 Å². The highest BCUT2D eigenvalue weighted by Crippen LogP contribution is 2.34. The van der Waals surface area contributed by atoms with Crippen LogP contribution in [0.2, 0.25) is 5.02 Å². The molecule has 170 valence electrons. The van der Waals surface area contributed by atoms with E-state index in [1.807, 2.05) is 54.0 Å². The van der Waals surface area contributed by atoms with Crippen LogP contribution in [0.4, 0.5) is 0 Å². The minimum absolute atomic E-state index is 0.223. The average molecular weight is 475 g/mol. The standard InChI is InChI=1S/C20H17ClN4O2.C2H6O.CH4S/c1-12-23-24-20-17(9-10-26)22-19(13-3-5-14(21)6-4-13)16-11-15(27-2)7-8-18(16)25(12)20;1-3-2;1-2/h3-8,10-11,17H,9H2,1-2H3;1-2H3;2H,1H3/t17-;;/m0../s1. The molecule has 0 saturated carbocycles. The number of aldehydes is 1. The van der Waals surface area contributed by atoms with Crippen LogP contribution in [0.15, 0.2) is 47.5 Å². The smallest absolute Gasteiger partial charge is 0.162 e. The van der Waals surface area contributed by atoms with Crippen molar-refractivity contribution in [2.45, 2.75) is 19.4 Å². The first-order valence-corrected chi connectivity index (χ1v) is 11.0. The molecule has 0 radical (unpaired) electrons. The number of nitrogens with zero attached hydrogens (tertiary/aromatic N) is 4. The van der Waals surface area contributed by atoms with E-state index in [0.717, 1.165) is 40.4 Å². The topological polar surface area (TPSA) is 78.6 Å². The Kier molecular flexibility index (Phi) is 9.90. The number of fused-ring (bicyclic) bond motifs is 3. The molecule has 1 aliphatic heterocycles. The number of ether oxygens (including phenoxy) is 2. The Morgan fingerprint density at radius 3 is 2.34 bits per heavy atom. The summed E-state index contributed by atoms with van der Waals surface area (Å²) < 4.78 is 11.6. The molecule has 0 aliphatic carbocycles. The highest BCUT2D eigenvalue weighted by Gasteiger charge is 2.28. The Hall–Kier alpha value is -2.68. The Balaban J connectivity index is 0.000000671. The Bertz CT molecular complexity index is 1070. The summed E-state index contributed by atoms with van der Waals surface area (Å²) in [4.78, 5) is 16.2. The summed E-state index contributed by atoms with van der Waals surface area (Å²) >= 11 is 9.58. The maximum absolute atomic E-state index is 11.3. The molecule has 0 N–H and O–H groups in total. The van der Waals surface area contributed by atoms with Crippen molar-refractivity contribution in [2.75, 3.05) is 27.6 Å². The molecule has 0 unspecified atom stereocenters. The third-order valence-corrected chi connectivity index (χ3v) is 4.82. The van der Waals surface area contributed by atoms with Crippen LogP contribution in [0.1, 0.15) is 35.2 Å². The first kappa shape index (κ1) is 25.6. The van der Waals surface area contributed by atoms with Crippen molar-refractivity contribution in [1.29, 1.82) is 0 Å². The predicted octanol–water partition coefficient (Wildman–Crippen LogP) is 4.53. The number of hydrogen-bond acceptors (Lipinski definition) is 7. The zero-order valence-corrected chi connectivity index (χ0v) is 20.4. The normalized spacial score (nSPS) is 13.7. The van der Waals surface area contributed by atoms with Crippen LogP contribution in [0, 0.1) is 6.92 Å². The Labute approximate surface area is 198 Å². The summed E-state index contributed by atoms with van der Waals surface area (Å²) in [6.45, 7) is 1.88. The van der Waals surface area contributed by atoms with Crippen LogP contribution < -0.4 is 4.74 Å². The van der Waals surface area contributed by atoms with E-state index >= 15 is 0 Å².